The van der Waals surface area contributed by atoms with E-state index >= 15 is 0 Å². The van der Waals surface area contributed by atoms with E-state index in [0.29, 0.717) is 88.5 Å². The second-order valence-corrected chi connectivity index (χ2v) is 20.2. The SMILES string of the molecule is Cn1c(CCCC(=O)OCCN2C(=O)CC(NCCCCCCCCNC3CC(=O)N(CCOC(=O)CCCc4nc5ccc(N(CCCl)CCCl)cc5n4C)C3=O)C2=O)nc2ccc(N(CCCl)CCCl)cc21. The fourth-order valence-electron chi connectivity index (χ4n) is 9.54. The molecule has 0 radical (unpaired) electrons. The first-order valence-electron chi connectivity index (χ1n) is 26.0. The predicted molar refractivity (Wildman–Crippen MR) is 290 cm³/mol. The lowest BCUT2D eigenvalue weighted by atomic mass is 10.1. The minimum atomic E-state index is -0.583. The number of esters is 2. The van der Waals surface area contributed by atoms with Crippen molar-refractivity contribution in [2.24, 2.45) is 14.1 Å². The largest absolute Gasteiger partial charge is 0.464 e. The molecule has 4 amide bonds. The van der Waals surface area contributed by atoms with E-state index in [-0.39, 0.29) is 87.6 Å². The van der Waals surface area contributed by atoms with Crippen molar-refractivity contribution in [3.63, 3.8) is 0 Å². The summed E-state index contributed by atoms with van der Waals surface area (Å²) in [5.41, 5.74) is 5.74. The molecule has 4 heterocycles. The quantitative estimate of drug-likeness (QED) is 0.0228. The Labute approximate surface area is 454 Å². The summed E-state index contributed by atoms with van der Waals surface area (Å²) < 4.78 is 14.8. The molecule has 2 aromatic heterocycles. The summed E-state index contributed by atoms with van der Waals surface area (Å²) in [7, 11) is 3.91. The highest BCUT2D eigenvalue weighted by molar-refractivity contribution is 6.19. The number of hydrogen-bond donors (Lipinski definition) is 2. The first-order chi connectivity index (χ1) is 35.9. The van der Waals surface area contributed by atoms with Gasteiger partial charge < -0.3 is 39.0 Å². The van der Waals surface area contributed by atoms with Crippen LogP contribution in [0.15, 0.2) is 36.4 Å². The number of unbranched alkanes of at least 4 members (excludes halogenated alkanes) is 5. The van der Waals surface area contributed by atoms with Crippen LogP contribution in [0.25, 0.3) is 22.1 Å². The molecule has 2 atom stereocenters. The molecule has 2 fully saturated rings. The van der Waals surface area contributed by atoms with E-state index in [1.807, 2.05) is 47.5 Å². The second-order valence-electron chi connectivity index (χ2n) is 18.7. The van der Waals surface area contributed by atoms with Gasteiger partial charge in [-0.05, 0) is 75.2 Å². The summed E-state index contributed by atoms with van der Waals surface area (Å²) in [6, 6.07) is 11.0. The van der Waals surface area contributed by atoms with Crippen molar-refractivity contribution < 1.29 is 38.2 Å². The highest BCUT2D eigenvalue weighted by Gasteiger charge is 2.39. The number of halogens is 4. The fraction of sp³-hybridized carbons (Fsp3) is 0.615. The number of benzene rings is 2. The van der Waals surface area contributed by atoms with Crippen molar-refractivity contribution in [2.75, 3.05) is 98.9 Å². The first kappa shape index (κ1) is 58.5. The zero-order chi connectivity index (χ0) is 53.0. The Balaban J connectivity index is 0.760. The Morgan fingerprint density at radius 3 is 1.34 bits per heavy atom. The van der Waals surface area contributed by atoms with Gasteiger partial charge in [0.1, 0.15) is 24.9 Å². The van der Waals surface area contributed by atoms with Crippen LogP contribution in [-0.2, 0) is 65.2 Å². The lowest BCUT2D eigenvalue weighted by Crippen LogP contribution is -2.40. The third-order valence-electron chi connectivity index (χ3n) is 13.7. The predicted octanol–water partition coefficient (Wildman–Crippen LogP) is 6.23. The number of imide groups is 2. The van der Waals surface area contributed by atoms with Gasteiger partial charge in [0.25, 0.3) is 0 Å². The molecule has 22 heteroatoms. The number of nitrogens with zero attached hydrogens (tertiary/aromatic N) is 8. The molecular formula is C52H72Cl4N10O8. The Hall–Kier alpha value is -4.72. The van der Waals surface area contributed by atoms with Gasteiger partial charge in [-0.3, -0.25) is 38.6 Å². The Morgan fingerprint density at radius 2 is 0.959 bits per heavy atom. The van der Waals surface area contributed by atoms with Crippen molar-refractivity contribution in [3.8, 4) is 0 Å². The number of nitrogens with one attached hydrogen (secondary N) is 2. The van der Waals surface area contributed by atoms with Crippen molar-refractivity contribution in [1.82, 2.24) is 39.5 Å². The molecule has 0 saturated carbocycles. The molecule has 2 N–H and O–H groups in total. The summed E-state index contributed by atoms with van der Waals surface area (Å²) >= 11 is 24.0. The zero-order valence-corrected chi connectivity index (χ0v) is 45.8. The summed E-state index contributed by atoms with van der Waals surface area (Å²) in [5, 5.41) is 6.44. The Kier molecular flexibility index (Phi) is 23.8. The zero-order valence-electron chi connectivity index (χ0n) is 42.8. The maximum absolute atomic E-state index is 13.0. The third-order valence-corrected chi connectivity index (χ3v) is 14.3. The molecule has 2 aromatic carbocycles. The molecule has 2 aliphatic rings. The number of hydrogen-bond acceptors (Lipinski definition) is 14. The number of anilines is 2. The molecule has 2 unspecified atom stereocenters. The molecule has 18 nitrogen and oxygen atoms in total. The van der Waals surface area contributed by atoms with Crippen molar-refractivity contribution in [3.05, 3.63) is 48.0 Å². The Morgan fingerprint density at radius 1 is 0.581 bits per heavy atom. The van der Waals surface area contributed by atoms with Crippen molar-refractivity contribution in [1.29, 1.82) is 0 Å². The number of rotatable bonds is 35. The third kappa shape index (κ3) is 16.4. The molecule has 2 saturated heterocycles. The number of carbonyl (C=O) groups is 6. The van der Waals surface area contributed by atoms with Crippen LogP contribution in [0.1, 0.15) is 88.7 Å². The van der Waals surface area contributed by atoms with Gasteiger partial charge in [-0.25, -0.2) is 9.97 Å². The number of fused-ring (bicyclic) bond motifs is 2. The minimum absolute atomic E-state index is 0.0245. The van der Waals surface area contributed by atoms with Crippen LogP contribution in [0.3, 0.4) is 0 Å². The summed E-state index contributed by atoms with van der Waals surface area (Å²) in [5.74, 6) is 1.75. The maximum Gasteiger partial charge on any atom is 0.305 e. The molecule has 2 aliphatic heterocycles. The molecule has 0 bridgehead atoms. The van der Waals surface area contributed by atoms with Crippen LogP contribution in [0.5, 0.6) is 0 Å². The lowest BCUT2D eigenvalue weighted by Gasteiger charge is -2.22. The molecule has 74 heavy (non-hydrogen) atoms. The number of likely N-dealkylation sites (tertiary alicyclic amines) is 2. The maximum atomic E-state index is 13.0. The van der Waals surface area contributed by atoms with Gasteiger partial charge in [0.15, 0.2) is 0 Å². The number of amides is 4. The van der Waals surface area contributed by atoms with E-state index in [1.54, 1.807) is 0 Å². The average molecular weight is 1110 g/mol. The van der Waals surface area contributed by atoms with Gasteiger partial charge in [0.2, 0.25) is 23.6 Å². The number of aromatic nitrogens is 4. The Bertz CT molecular complexity index is 2340. The smallest absolute Gasteiger partial charge is 0.305 e. The van der Waals surface area contributed by atoms with Crippen molar-refractivity contribution in [2.45, 2.75) is 102 Å². The number of aryl methyl sites for hydroxylation is 4. The van der Waals surface area contributed by atoms with Gasteiger partial charge in [0, 0.05) is 101 Å². The van der Waals surface area contributed by atoms with Crippen LogP contribution in [0.2, 0.25) is 0 Å². The van der Waals surface area contributed by atoms with Gasteiger partial charge in [-0.15, -0.1) is 46.4 Å². The van der Waals surface area contributed by atoms with E-state index in [1.165, 1.54) is 9.80 Å². The molecule has 0 aliphatic carbocycles. The van der Waals surface area contributed by atoms with Crippen LogP contribution >= 0.6 is 46.4 Å². The van der Waals surface area contributed by atoms with E-state index in [9.17, 15) is 28.8 Å². The number of ether oxygens (including phenoxy) is 2. The van der Waals surface area contributed by atoms with E-state index in [4.69, 9.17) is 65.8 Å². The lowest BCUT2D eigenvalue weighted by molar-refractivity contribution is -0.148. The van der Waals surface area contributed by atoms with Gasteiger partial charge in [0.05, 0.1) is 60.1 Å². The summed E-state index contributed by atoms with van der Waals surface area (Å²) in [4.78, 5) is 92.5. The van der Waals surface area contributed by atoms with E-state index in [0.717, 1.165) is 83.6 Å². The minimum Gasteiger partial charge on any atom is -0.464 e. The molecule has 6 rings (SSSR count). The molecule has 0 spiro atoms. The molecule has 406 valence electrons. The van der Waals surface area contributed by atoms with Crippen LogP contribution in [0, 0.1) is 0 Å². The highest BCUT2D eigenvalue weighted by atomic mass is 35.5. The first-order valence-corrected chi connectivity index (χ1v) is 28.1. The van der Waals surface area contributed by atoms with Crippen molar-refractivity contribution >= 4 is 115 Å². The van der Waals surface area contributed by atoms with E-state index < -0.39 is 12.1 Å². The normalized spacial score (nSPS) is 15.9. The molecule has 4 aromatic rings. The number of carbonyl (C=O) groups excluding carboxylic acids is 6. The number of imidazole rings is 2. The average Bonchev–Trinajstić information content (AvgIpc) is 4.06. The number of alkyl halides is 4. The topological polar surface area (TPSA) is 194 Å². The van der Waals surface area contributed by atoms with E-state index in [2.05, 4.69) is 32.6 Å². The van der Waals surface area contributed by atoms with Gasteiger partial charge >= 0.3 is 11.9 Å². The molecular weight excluding hydrogens is 1030 g/mol. The fourth-order valence-corrected chi connectivity index (χ4v) is 10.4. The van der Waals surface area contributed by atoms with Gasteiger partial charge in [-0.2, -0.15) is 0 Å². The highest BCUT2D eigenvalue weighted by Crippen LogP contribution is 2.26. The van der Waals surface area contributed by atoms with Crippen LogP contribution in [0.4, 0.5) is 11.4 Å². The summed E-state index contributed by atoms with van der Waals surface area (Å²) in [6.07, 6.45) is 8.39. The standard InChI is InChI=1S/C52H72Cl4N10O8/c1-61-43-33-37(63(25-19-53)26-20-54)15-17-39(43)59-45(61)11-9-13-49(69)73-31-29-65-47(67)35-41(51(65)71)57-23-7-5-3-4-6-8-24-58-42-36-48(68)66(52(42)72)30-32-74-50(70)14-10-12-46-60-40-18-16-38(34-44(40)62(46)2)64(27-21-55)28-22-56/h15-18,33-34,41-42,57-58H,3-14,19-32,35-36H2,1-2H3. The van der Waals surface area contributed by atoms with Crippen LogP contribution < -0.4 is 20.4 Å². The monoisotopic (exact) mass is 1100 g/mol. The second kappa shape index (κ2) is 30.1. The van der Waals surface area contributed by atoms with Crippen LogP contribution in [-0.4, -0.2) is 166 Å². The van der Waals surface area contributed by atoms with Gasteiger partial charge in [-0.1, -0.05) is 25.7 Å². The summed E-state index contributed by atoms with van der Waals surface area (Å²) in [6.45, 7) is 3.90.